The van der Waals surface area contributed by atoms with Gasteiger partial charge in [0.2, 0.25) is 0 Å². The molecule has 0 aromatic rings. The van der Waals surface area contributed by atoms with E-state index in [4.69, 9.17) is 14.6 Å². The van der Waals surface area contributed by atoms with Crippen LogP contribution in [0.2, 0.25) is 0 Å². The SMILES string of the molecule is CCO[C@@H]1OC[C@H](O)[C@H](O)C1O. The van der Waals surface area contributed by atoms with Crippen molar-refractivity contribution in [1.82, 2.24) is 0 Å². The van der Waals surface area contributed by atoms with Crippen LogP contribution < -0.4 is 0 Å². The lowest BCUT2D eigenvalue weighted by Crippen LogP contribution is -2.53. The summed E-state index contributed by atoms with van der Waals surface area (Å²) in [6, 6.07) is 0. The molecule has 1 saturated heterocycles. The van der Waals surface area contributed by atoms with Gasteiger partial charge in [0.1, 0.15) is 18.3 Å². The maximum atomic E-state index is 9.28. The summed E-state index contributed by atoms with van der Waals surface area (Å²) in [4.78, 5) is 0. The summed E-state index contributed by atoms with van der Waals surface area (Å²) in [7, 11) is 0. The third-order valence-electron chi connectivity index (χ3n) is 1.79. The van der Waals surface area contributed by atoms with Gasteiger partial charge in [0.15, 0.2) is 6.29 Å². The molecular formula is C7H14O5. The van der Waals surface area contributed by atoms with E-state index >= 15 is 0 Å². The summed E-state index contributed by atoms with van der Waals surface area (Å²) >= 11 is 0. The second-order valence-corrected chi connectivity index (χ2v) is 2.71. The van der Waals surface area contributed by atoms with E-state index in [-0.39, 0.29) is 6.61 Å². The van der Waals surface area contributed by atoms with Gasteiger partial charge in [-0.15, -0.1) is 0 Å². The lowest BCUT2D eigenvalue weighted by molar-refractivity contribution is -0.268. The van der Waals surface area contributed by atoms with E-state index in [2.05, 4.69) is 0 Å². The average Bonchev–Trinajstić information content (AvgIpc) is 2.07. The van der Waals surface area contributed by atoms with E-state index in [0.29, 0.717) is 6.61 Å². The van der Waals surface area contributed by atoms with Gasteiger partial charge in [0, 0.05) is 6.61 Å². The molecule has 0 spiro atoms. The van der Waals surface area contributed by atoms with Crippen LogP contribution in [0.1, 0.15) is 6.92 Å². The van der Waals surface area contributed by atoms with Gasteiger partial charge in [-0.1, -0.05) is 0 Å². The monoisotopic (exact) mass is 178 g/mol. The van der Waals surface area contributed by atoms with Crippen LogP contribution in [0.5, 0.6) is 0 Å². The lowest BCUT2D eigenvalue weighted by atomic mass is 10.1. The summed E-state index contributed by atoms with van der Waals surface area (Å²) in [6.45, 7) is 2.14. The maximum absolute atomic E-state index is 9.28. The summed E-state index contributed by atoms with van der Waals surface area (Å²) in [5.74, 6) is 0. The molecule has 0 aromatic carbocycles. The number of ether oxygens (including phenoxy) is 2. The van der Waals surface area contributed by atoms with Gasteiger partial charge < -0.3 is 24.8 Å². The van der Waals surface area contributed by atoms with Crippen molar-refractivity contribution in [2.45, 2.75) is 31.5 Å². The Kier molecular flexibility index (Phi) is 3.42. The van der Waals surface area contributed by atoms with E-state index in [9.17, 15) is 10.2 Å². The van der Waals surface area contributed by atoms with Crippen LogP contribution in [0.25, 0.3) is 0 Å². The first-order valence-electron chi connectivity index (χ1n) is 3.94. The molecule has 1 aliphatic heterocycles. The summed E-state index contributed by atoms with van der Waals surface area (Å²) in [6.07, 6.45) is -4.21. The molecule has 5 nitrogen and oxygen atoms in total. The van der Waals surface area contributed by atoms with Crippen LogP contribution >= 0.6 is 0 Å². The summed E-state index contributed by atoms with van der Waals surface area (Å²) in [5.41, 5.74) is 0. The molecule has 12 heavy (non-hydrogen) atoms. The first-order chi connectivity index (χ1) is 5.66. The van der Waals surface area contributed by atoms with E-state index in [0.717, 1.165) is 0 Å². The Morgan fingerprint density at radius 2 is 2.00 bits per heavy atom. The Bertz CT molecular complexity index is 140. The summed E-state index contributed by atoms with van der Waals surface area (Å²) in [5, 5.41) is 27.5. The highest BCUT2D eigenvalue weighted by molar-refractivity contribution is 4.82. The van der Waals surface area contributed by atoms with Gasteiger partial charge >= 0.3 is 0 Å². The fourth-order valence-corrected chi connectivity index (χ4v) is 1.09. The highest BCUT2D eigenvalue weighted by atomic mass is 16.7. The fourth-order valence-electron chi connectivity index (χ4n) is 1.09. The minimum atomic E-state index is -1.18. The highest BCUT2D eigenvalue weighted by Crippen LogP contribution is 2.15. The minimum absolute atomic E-state index is 0.0110. The average molecular weight is 178 g/mol. The van der Waals surface area contributed by atoms with Crippen LogP contribution in [0.3, 0.4) is 0 Å². The Morgan fingerprint density at radius 3 is 2.58 bits per heavy atom. The van der Waals surface area contributed by atoms with Crippen LogP contribution in [-0.4, -0.2) is 53.1 Å². The van der Waals surface area contributed by atoms with Crippen LogP contribution in [0.4, 0.5) is 0 Å². The number of rotatable bonds is 2. The van der Waals surface area contributed by atoms with Gasteiger partial charge in [-0.05, 0) is 6.92 Å². The second kappa shape index (κ2) is 4.15. The Hall–Kier alpha value is -0.200. The largest absolute Gasteiger partial charge is 0.388 e. The molecule has 0 aliphatic carbocycles. The smallest absolute Gasteiger partial charge is 0.186 e. The molecule has 72 valence electrons. The summed E-state index contributed by atoms with van der Waals surface area (Å²) < 4.78 is 9.90. The zero-order valence-corrected chi connectivity index (χ0v) is 6.88. The molecule has 4 atom stereocenters. The van der Waals surface area contributed by atoms with Gasteiger partial charge in [-0.25, -0.2) is 0 Å². The molecule has 1 aliphatic rings. The Balaban J connectivity index is 2.46. The van der Waals surface area contributed by atoms with Crippen molar-refractivity contribution in [2.24, 2.45) is 0 Å². The molecule has 3 N–H and O–H groups in total. The van der Waals surface area contributed by atoms with E-state index in [1.54, 1.807) is 6.92 Å². The highest BCUT2D eigenvalue weighted by Gasteiger charge is 2.37. The molecule has 0 bridgehead atoms. The molecule has 0 aromatic heterocycles. The Labute approximate surface area is 70.5 Å². The standard InChI is InChI=1S/C7H14O5/c1-2-11-7-6(10)5(9)4(8)3-12-7/h4-10H,2-3H2,1H3/t4-,5-,6?,7+/m0/s1. The Morgan fingerprint density at radius 1 is 1.33 bits per heavy atom. The topological polar surface area (TPSA) is 79.2 Å². The van der Waals surface area contributed by atoms with Crippen molar-refractivity contribution in [3.63, 3.8) is 0 Å². The molecular weight excluding hydrogens is 164 g/mol. The molecule has 0 saturated carbocycles. The number of hydrogen-bond acceptors (Lipinski definition) is 5. The van der Waals surface area contributed by atoms with Gasteiger partial charge in [-0.2, -0.15) is 0 Å². The number of hydrogen-bond donors (Lipinski definition) is 3. The van der Waals surface area contributed by atoms with Crippen LogP contribution in [0, 0.1) is 0 Å². The van der Waals surface area contributed by atoms with Crippen molar-refractivity contribution in [3.8, 4) is 0 Å². The lowest BCUT2D eigenvalue weighted by Gasteiger charge is -2.34. The number of aliphatic hydroxyl groups is 3. The molecule has 0 amide bonds. The molecule has 1 unspecified atom stereocenters. The zero-order chi connectivity index (χ0) is 9.14. The van der Waals surface area contributed by atoms with Crippen molar-refractivity contribution in [2.75, 3.05) is 13.2 Å². The maximum Gasteiger partial charge on any atom is 0.186 e. The predicted octanol–water partition coefficient (Wildman–Crippen LogP) is -1.54. The van der Waals surface area contributed by atoms with Crippen LogP contribution in [0.15, 0.2) is 0 Å². The minimum Gasteiger partial charge on any atom is -0.388 e. The molecule has 5 heteroatoms. The fraction of sp³-hybridized carbons (Fsp3) is 1.00. The van der Waals surface area contributed by atoms with E-state index < -0.39 is 24.6 Å². The third kappa shape index (κ3) is 1.94. The molecule has 0 radical (unpaired) electrons. The zero-order valence-electron chi connectivity index (χ0n) is 6.88. The van der Waals surface area contributed by atoms with Crippen LogP contribution in [-0.2, 0) is 9.47 Å². The first-order valence-corrected chi connectivity index (χ1v) is 3.94. The van der Waals surface area contributed by atoms with Crippen molar-refractivity contribution < 1.29 is 24.8 Å². The van der Waals surface area contributed by atoms with Crippen molar-refractivity contribution in [3.05, 3.63) is 0 Å². The molecule has 1 rings (SSSR count). The molecule has 1 fully saturated rings. The normalized spacial score (nSPS) is 43.0. The van der Waals surface area contributed by atoms with Gasteiger partial charge in [0.25, 0.3) is 0 Å². The number of aliphatic hydroxyl groups excluding tert-OH is 3. The van der Waals surface area contributed by atoms with Gasteiger partial charge in [-0.3, -0.25) is 0 Å². The molecule has 1 heterocycles. The quantitative estimate of drug-likeness (QED) is 0.477. The van der Waals surface area contributed by atoms with E-state index in [1.807, 2.05) is 0 Å². The van der Waals surface area contributed by atoms with Gasteiger partial charge in [0.05, 0.1) is 6.61 Å². The van der Waals surface area contributed by atoms with Crippen molar-refractivity contribution in [1.29, 1.82) is 0 Å². The second-order valence-electron chi connectivity index (χ2n) is 2.71. The van der Waals surface area contributed by atoms with E-state index in [1.165, 1.54) is 0 Å². The van der Waals surface area contributed by atoms with Crippen molar-refractivity contribution >= 4 is 0 Å². The predicted molar refractivity (Wildman–Crippen MR) is 39.4 cm³/mol. The first kappa shape index (κ1) is 9.88. The third-order valence-corrected chi connectivity index (χ3v) is 1.79.